The second-order valence-electron chi connectivity index (χ2n) is 4.12. The third-order valence-corrected chi connectivity index (χ3v) is 2.55. The molecule has 0 saturated carbocycles. The molecule has 0 aliphatic carbocycles. The maximum atomic E-state index is 10.6. The van der Waals surface area contributed by atoms with Crippen LogP contribution in [0, 0.1) is 27.4 Å². The van der Waals surface area contributed by atoms with Crippen LogP contribution in [0.1, 0.15) is 26.3 Å². The Balaban J connectivity index is 3.02. The SMILES string of the molecule is CC(C)C(C)Oc1ccc([N+](=O)[O-])cc1C#N. The Labute approximate surface area is 99.8 Å². The van der Waals surface area contributed by atoms with Gasteiger partial charge in [0.15, 0.2) is 0 Å². The first kappa shape index (κ1) is 13.0. The van der Waals surface area contributed by atoms with Crippen LogP contribution < -0.4 is 4.74 Å². The molecular formula is C12H14N2O3. The molecule has 17 heavy (non-hydrogen) atoms. The molecule has 0 fully saturated rings. The van der Waals surface area contributed by atoms with Gasteiger partial charge in [0.1, 0.15) is 17.4 Å². The fraction of sp³-hybridized carbons (Fsp3) is 0.417. The smallest absolute Gasteiger partial charge is 0.271 e. The first-order valence-electron chi connectivity index (χ1n) is 5.31. The van der Waals surface area contributed by atoms with Crippen LogP contribution >= 0.6 is 0 Å². The molecule has 1 aromatic rings. The van der Waals surface area contributed by atoms with Crippen LogP contribution in [0.4, 0.5) is 5.69 Å². The van der Waals surface area contributed by atoms with Crippen molar-refractivity contribution < 1.29 is 9.66 Å². The number of hydrogen-bond donors (Lipinski definition) is 0. The summed E-state index contributed by atoms with van der Waals surface area (Å²) in [6.45, 7) is 5.90. The molecule has 90 valence electrons. The third-order valence-electron chi connectivity index (χ3n) is 2.55. The molecule has 1 aromatic carbocycles. The van der Waals surface area contributed by atoms with Gasteiger partial charge in [0, 0.05) is 12.1 Å². The van der Waals surface area contributed by atoms with E-state index in [-0.39, 0.29) is 17.4 Å². The number of nitrogens with zero attached hydrogens (tertiary/aromatic N) is 2. The molecule has 0 aromatic heterocycles. The van der Waals surface area contributed by atoms with Gasteiger partial charge in [-0.1, -0.05) is 13.8 Å². The first-order valence-corrected chi connectivity index (χ1v) is 5.31. The van der Waals surface area contributed by atoms with Crippen molar-refractivity contribution in [2.75, 3.05) is 0 Å². The second kappa shape index (κ2) is 5.30. The van der Waals surface area contributed by atoms with Crippen LogP contribution in [0.2, 0.25) is 0 Å². The van der Waals surface area contributed by atoms with Gasteiger partial charge in [-0.2, -0.15) is 5.26 Å². The van der Waals surface area contributed by atoms with Crippen LogP contribution in [0.15, 0.2) is 18.2 Å². The summed E-state index contributed by atoms with van der Waals surface area (Å²) in [6, 6.07) is 5.93. The number of nitriles is 1. The Morgan fingerprint density at radius 1 is 1.41 bits per heavy atom. The van der Waals surface area contributed by atoms with Gasteiger partial charge in [0.05, 0.1) is 11.0 Å². The molecule has 0 radical (unpaired) electrons. The molecule has 0 amide bonds. The molecule has 0 aliphatic heterocycles. The van der Waals surface area contributed by atoms with Crippen molar-refractivity contribution in [3.8, 4) is 11.8 Å². The predicted octanol–water partition coefficient (Wildman–Crippen LogP) is 2.89. The molecule has 0 aliphatic rings. The Morgan fingerprint density at radius 2 is 2.06 bits per heavy atom. The minimum absolute atomic E-state index is 0.0523. The fourth-order valence-corrected chi connectivity index (χ4v) is 1.16. The maximum Gasteiger partial charge on any atom is 0.271 e. The van der Waals surface area contributed by atoms with E-state index in [1.165, 1.54) is 18.2 Å². The van der Waals surface area contributed by atoms with Crippen LogP contribution in [0.5, 0.6) is 5.75 Å². The average molecular weight is 234 g/mol. The van der Waals surface area contributed by atoms with Crippen molar-refractivity contribution in [3.05, 3.63) is 33.9 Å². The lowest BCUT2D eigenvalue weighted by molar-refractivity contribution is -0.384. The van der Waals surface area contributed by atoms with Gasteiger partial charge in [-0.3, -0.25) is 10.1 Å². The number of non-ortho nitro benzene ring substituents is 1. The van der Waals surface area contributed by atoms with E-state index in [9.17, 15) is 10.1 Å². The van der Waals surface area contributed by atoms with Gasteiger partial charge in [0.25, 0.3) is 5.69 Å². The molecule has 0 heterocycles. The third kappa shape index (κ3) is 3.18. The van der Waals surface area contributed by atoms with Gasteiger partial charge in [-0.25, -0.2) is 0 Å². The Bertz CT molecular complexity index is 463. The van der Waals surface area contributed by atoms with E-state index in [1.807, 2.05) is 26.8 Å². The summed E-state index contributed by atoms with van der Waals surface area (Å²) in [7, 11) is 0. The standard InChI is InChI=1S/C12H14N2O3/c1-8(2)9(3)17-12-5-4-11(14(15)16)6-10(12)7-13/h4-6,8-9H,1-3H3. The highest BCUT2D eigenvalue weighted by Crippen LogP contribution is 2.25. The summed E-state index contributed by atoms with van der Waals surface area (Å²) >= 11 is 0. The Kier molecular flexibility index (Phi) is 4.05. The highest BCUT2D eigenvalue weighted by Gasteiger charge is 2.15. The monoisotopic (exact) mass is 234 g/mol. The number of rotatable bonds is 4. The lowest BCUT2D eigenvalue weighted by atomic mass is 10.1. The molecule has 1 unspecified atom stereocenters. The molecular weight excluding hydrogens is 220 g/mol. The van der Waals surface area contributed by atoms with E-state index >= 15 is 0 Å². The molecule has 5 nitrogen and oxygen atoms in total. The van der Waals surface area contributed by atoms with Crippen LogP contribution in [0.25, 0.3) is 0 Å². The zero-order valence-electron chi connectivity index (χ0n) is 10.0. The van der Waals surface area contributed by atoms with Crippen molar-refractivity contribution in [1.29, 1.82) is 5.26 Å². The highest BCUT2D eigenvalue weighted by atomic mass is 16.6. The summed E-state index contributed by atoms with van der Waals surface area (Å²) in [4.78, 5) is 10.0. The minimum atomic E-state index is -0.531. The average Bonchev–Trinajstić information content (AvgIpc) is 2.28. The highest BCUT2D eigenvalue weighted by molar-refractivity contribution is 5.50. The molecule has 5 heteroatoms. The fourth-order valence-electron chi connectivity index (χ4n) is 1.16. The van der Waals surface area contributed by atoms with Crippen molar-refractivity contribution in [2.45, 2.75) is 26.9 Å². The predicted molar refractivity (Wildman–Crippen MR) is 62.7 cm³/mol. The van der Waals surface area contributed by atoms with Crippen LogP contribution in [0.3, 0.4) is 0 Å². The summed E-state index contributed by atoms with van der Waals surface area (Å²) < 4.78 is 5.59. The van der Waals surface area contributed by atoms with Gasteiger partial charge in [-0.05, 0) is 18.9 Å². The lowest BCUT2D eigenvalue weighted by Crippen LogP contribution is -2.19. The number of nitro groups is 1. The molecule has 0 N–H and O–H groups in total. The normalized spacial score (nSPS) is 11.9. The van der Waals surface area contributed by atoms with E-state index in [0.717, 1.165) is 0 Å². The Hall–Kier alpha value is -2.09. The van der Waals surface area contributed by atoms with Crippen molar-refractivity contribution in [3.63, 3.8) is 0 Å². The van der Waals surface area contributed by atoms with E-state index in [4.69, 9.17) is 10.00 Å². The van der Waals surface area contributed by atoms with Gasteiger partial charge >= 0.3 is 0 Å². The topological polar surface area (TPSA) is 76.2 Å². The van der Waals surface area contributed by atoms with Crippen molar-refractivity contribution in [1.82, 2.24) is 0 Å². The first-order chi connectivity index (χ1) is 7.95. The molecule has 0 spiro atoms. The van der Waals surface area contributed by atoms with Gasteiger partial charge in [-0.15, -0.1) is 0 Å². The minimum Gasteiger partial charge on any atom is -0.489 e. The van der Waals surface area contributed by atoms with Gasteiger partial charge < -0.3 is 4.74 Å². The number of benzene rings is 1. The number of ether oxygens (including phenoxy) is 1. The molecule has 1 rings (SSSR count). The van der Waals surface area contributed by atoms with Crippen molar-refractivity contribution in [2.24, 2.45) is 5.92 Å². The summed E-state index contributed by atoms with van der Waals surface area (Å²) in [5.74, 6) is 0.691. The molecule has 0 saturated heterocycles. The van der Waals surface area contributed by atoms with Crippen LogP contribution in [-0.4, -0.2) is 11.0 Å². The zero-order chi connectivity index (χ0) is 13.0. The molecule has 1 atom stereocenters. The largest absolute Gasteiger partial charge is 0.489 e. The lowest BCUT2D eigenvalue weighted by Gasteiger charge is -2.18. The quantitative estimate of drug-likeness (QED) is 0.592. The number of nitro benzene ring substituents is 1. The van der Waals surface area contributed by atoms with Gasteiger partial charge in [0.2, 0.25) is 0 Å². The second-order valence-corrected chi connectivity index (χ2v) is 4.12. The van der Waals surface area contributed by atoms with E-state index in [2.05, 4.69) is 0 Å². The Morgan fingerprint density at radius 3 is 2.53 bits per heavy atom. The van der Waals surface area contributed by atoms with Crippen LogP contribution in [-0.2, 0) is 0 Å². The summed E-state index contributed by atoms with van der Waals surface area (Å²) in [5.41, 5.74) is 0.0813. The summed E-state index contributed by atoms with van der Waals surface area (Å²) in [5, 5.41) is 19.5. The zero-order valence-corrected chi connectivity index (χ0v) is 10.0. The maximum absolute atomic E-state index is 10.6. The summed E-state index contributed by atoms with van der Waals surface area (Å²) in [6.07, 6.45) is -0.0523. The van der Waals surface area contributed by atoms with E-state index < -0.39 is 4.92 Å². The van der Waals surface area contributed by atoms with Crippen molar-refractivity contribution >= 4 is 5.69 Å². The van der Waals surface area contributed by atoms with E-state index in [0.29, 0.717) is 11.7 Å². The number of hydrogen-bond acceptors (Lipinski definition) is 4. The molecule has 0 bridgehead atoms. The van der Waals surface area contributed by atoms with E-state index in [1.54, 1.807) is 0 Å².